The van der Waals surface area contributed by atoms with Crippen LogP contribution in [0.3, 0.4) is 0 Å². The van der Waals surface area contributed by atoms with Gasteiger partial charge in [-0.15, -0.1) is 0 Å². The van der Waals surface area contributed by atoms with Gasteiger partial charge in [-0.25, -0.2) is 4.79 Å². The van der Waals surface area contributed by atoms with E-state index in [1.807, 2.05) is 12.1 Å². The lowest BCUT2D eigenvalue weighted by atomic mass is 9.95. The summed E-state index contributed by atoms with van der Waals surface area (Å²) in [6.07, 6.45) is 2.82. The first-order chi connectivity index (χ1) is 13.6. The predicted molar refractivity (Wildman–Crippen MR) is 111 cm³/mol. The highest BCUT2D eigenvalue weighted by atomic mass is 16.2. The largest absolute Gasteiger partial charge is 0.372 e. The second kappa shape index (κ2) is 8.49. The zero-order chi connectivity index (χ0) is 19.5. The van der Waals surface area contributed by atoms with Crippen LogP contribution in [0.5, 0.6) is 0 Å². The van der Waals surface area contributed by atoms with Crippen LogP contribution < -0.4 is 20.4 Å². The second-order valence-corrected chi connectivity index (χ2v) is 8.25. The molecule has 0 aromatic heterocycles. The van der Waals surface area contributed by atoms with Crippen LogP contribution in [0.15, 0.2) is 24.3 Å². The van der Waals surface area contributed by atoms with E-state index in [4.69, 9.17) is 0 Å². The zero-order valence-electron chi connectivity index (χ0n) is 16.7. The van der Waals surface area contributed by atoms with Crippen molar-refractivity contribution in [2.24, 2.45) is 5.92 Å². The van der Waals surface area contributed by atoms with Gasteiger partial charge in [0, 0.05) is 69.7 Å². The molecular formula is C21H31N5O2. The van der Waals surface area contributed by atoms with E-state index >= 15 is 0 Å². The third kappa shape index (κ3) is 4.31. The van der Waals surface area contributed by atoms with Crippen molar-refractivity contribution in [3.63, 3.8) is 0 Å². The van der Waals surface area contributed by atoms with Crippen molar-refractivity contribution in [1.29, 1.82) is 0 Å². The number of carbonyl (C=O) groups is 2. The topological polar surface area (TPSA) is 67.9 Å². The molecule has 3 aliphatic rings. The van der Waals surface area contributed by atoms with Crippen LogP contribution in [0, 0.1) is 5.92 Å². The van der Waals surface area contributed by atoms with Gasteiger partial charge in [0.25, 0.3) is 0 Å². The monoisotopic (exact) mass is 385 g/mol. The van der Waals surface area contributed by atoms with Crippen LogP contribution in [0.4, 0.5) is 16.2 Å². The Labute approximate surface area is 167 Å². The Morgan fingerprint density at radius 2 is 1.71 bits per heavy atom. The number of piperidine rings is 1. The van der Waals surface area contributed by atoms with E-state index in [1.54, 1.807) is 4.90 Å². The standard InChI is InChI=1S/C21H31N5O2/c1-16-14-22-9-13-25(16)15-17-6-10-24(11-7-17)18-2-4-19(5-3-18)26-12-8-20(27)23-21(26)28/h2-5,16-17,22H,6-15H2,1H3,(H,23,27,28). The first-order valence-electron chi connectivity index (χ1n) is 10.5. The molecule has 3 amide bonds. The van der Waals surface area contributed by atoms with Crippen LogP contribution in [-0.2, 0) is 4.79 Å². The van der Waals surface area contributed by atoms with Gasteiger partial charge < -0.3 is 10.2 Å². The fourth-order valence-corrected chi connectivity index (χ4v) is 4.51. The molecule has 152 valence electrons. The molecule has 0 aliphatic carbocycles. The Hall–Kier alpha value is -2.12. The molecule has 0 saturated carbocycles. The third-order valence-electron chi connectivity index (χ3n) is 6.33. The van der Waals surface area contributed by atoms with E-state index in [9.17, 15) is 9.59 Å². The summed E-state index contributed by atoms with van der Waals surface area (Å²) in [6.45, 7) is 9.54. The van der Waals surface area contributed by atoms with Crippen molar-refractivity contribution < 1.29 is 9.59 Å². The van der Waals surface area contributed by atoms with E-state index in [0.717, 1.165) is 37.8 Å². The molecule has 0 spiro atoms. The highest BCUT2D eigenvalue weighted by molar-refractivity contribution is 6.05. The Balaban J connectivity index is 1.30. The van der Waals surface area contributed by atoms with Crippen LogP contribution in [0.2, 0.25) is 0 Å². The summed E-state index contributed by atoms with van der Waals surface area (Å²) in [7, 11) is 0. The number of imide groups is 1. The van der Waals surface area contributed by atoms with Crippen molar-refractivity contribution in [3.8, 4) is 0 Å². The van der Waals surface area contributed by atoms with E-state index in [1.165, 1.54) is 31.6 Å². The number of piperazine rings is 1. The third-order valence-corrected chi connectivity index (χ3v) is 6.33. The molecule has 2 N–H and O–H groups in total. The van der Waals surface area contributed by atoms with Gasteiger partial charge in [-0.1, -0.05) is 0 Å². The van der Waals surface area contributed by atoms with E-state index in [2.05, 4.69) is 39.5 Å². The molecule has 0 bridgehead atoms. The summed E-state index contributed by atoms with van der Waals surface area (Å²) >= 11 is 0. The Morgan fingerprint density at radius 1 is 1.00 bits per heavy atom. The normalized spacial score (nSPS) is 25.1. The molecule has 7 nitrogen and oxygen atoms in total. The van der Waals surface area contributed by atoms with Gasteiger partial charge in [-0.3, -0.25) is 19.9 Å². The molecule has 3 heterocycles. The molecule has 1 unspecified atom stereocenters. The molecular weight excluding hydrogens is 354 g/mol. The molecule has 1 atom stereocenters. The number of urea groups is 1. The van der Waals surface area contributed by atoms with Gasteiger partial charge in [0.1, 0.15) is 0 Å². The Bertz CT molecular complexity index is 699. The van der Waals surface area contributed by atoms with Crippen LogP contribution in [0.25, 0.3) is 0 Å². The highest BCUT2D eigenvalue weighted by Crippen LogP contribution is 2.27. The van der Waals surface area contributed by atoms with Crippen molar-refractivity contribution in [2.45, 2.75) is 32.2 Å². The van der Waals surface area contributed by atoms with Crippen molar-refractivity contribution in [1.82, 2.24) is 15.5 Å². The summed E-state index contributed by atoms with van der Waals surface area (Å²) < 4.78 is 0. The van der Waals surface area contributed by atoms with Gasteiger partial charge >= 0.3 is 6.03 Å². The molecule has 28 heavy (non-hydrogen) atoms. The fourth-order valence-electron chi connectivity index (χ4n) is 4.51. The van der Waals surface area contributed by atoms with Crippen LogP contribution in [-0.4, -0.2) is 68.7 Å². The molecule has 4 rings (SSSR count). The smallest absolute Gasteiger partial charge is 0.328 e. The second-order valence-electron chi connectivity index (χ2n) is 8.25. The summed E-state index contributed by atoms with van der Waals surface area (Å²) in [5.41, 5.74) is 2.06. The van der Waals surface area contributed by atoms with Crippen molar-refractivity contribution >= 4 is 23.3 Å². The number of hydrogen-bond acceptors (Lipinski definition) is 5. The number of amides is 3. The molecule has 3 aliphatic heterocycles. The molecule has 3 saturated heterocycles. The minimum Gasteiger partial charge on any atom is -0.372 e. The molecule has 3 fully saturated rings. The number of nitrogens with one attached hydrogen (secondary N) is 2. The number of hydrogen-bond donors (Lipinski definition) is 2. The van der Waals surface area contributed by atoms with Gasteiger partial charge in [0.2, 0.25) is 5.91 Å². The number of anilines is 2. The van der Waals surface area contributed by atoms with Crippen LogP contribution in [0.1, 0.15) is 26.2 Å². The highest BCUT2D eigenvalue weighted by Gasteiger charge is 2.26. The summed E-state index contributed by atoms with van der Waals surface area (Å²) in [4.78, 5) is 30.0. The Morgan fingerprint density at radius 3 is 2.39 bits per heavy atom. The maximum absolute atomic E-state index is 12.0. The predicted octanol–water partition coefficient (Wildman–Crippen LogP) is 1.64. The lowest BCUT2D eigenvalue weighted by Gasteiger charge is -2.40. The molecule has 1 aromatic carbocycles. The van der Waals surface area contributed by atoms with Gasteiger partial charge in [-0.2, -0.15) is 0 Å². The molecule has 0 radical (unpaired) electrons. The van der Waals surface area contributed by atoms with Crippen molar-refractivity contribution in [2.75, 3.05) is 55.6 Å². The zero-order valence-corrected chi connectivity index (χ0v) is 16.7. The number of nitrogens with zero attached hydrogens (tertiary/aromatic N) is 3. The summed E-state index contributed by atoms with van der Waals surface area (Å²) in [5, 5.41) is 5.85. The first-order valence-corrected chi connectivity index (χ1v) is 10.5. The number of benzene rings is 1. The quantitative estimate of drug-likeness (QED) is 0.825. The SMILES string of the molecule is CC1CNCCN1CC1CCN(c2ccc(N3CCC(=O)NC3=O)cc2)CC1. The number of rotatable bonds is 4. The maximum atomic E-state index is 12.0. The summed E-state index contributed by atoms with van der Waals surface area (Å²) in [5.74, 6) is 0.585. The average Bonchev–Trinajstić information content (AvgIpc) is 2.71. The van der Waals surface area contributed by atoms with Gasteiger partial charge in [-0.05, 0) is 49.9 Å². The lowest BCUT2D eigenvalue weighted by molar-refractivity contribution is -0.120. The minimum absolute atomic E-state index is 0.198. The number of carbonyl (C=O) groups excluding carboxylic acids is 2. The first kappa shape index (κ1) is 19.2. The maximum Gasteiger partial charge on any atom is 0.328 e. The minimum atomic E-state index is -0.327. The van der Waals surface area contributed by atoms with Gasteiger partial charge in [0.05, 0.1) is 0 Å². The molecule has 7 heteroatoms. The average molecular weight is 386 g/mol. The fraction of sp³-hybridized carbons (Fsp3) is 0.619. The van der Waals surface area contributed by atoms with Crippen molar-refractivity contribution in [3.05, 3.63) is 24.3 Å². The van der Waals surface area contributed by atoms with E-state index in [0.29, 0.717) is 19.0 Å². The lowest BCUT2D eigenvalue weighted by Crippen LogP contribution is -2.52. The van der Waals surface area contributed by atoms with E-state index < -0.39 is 0 Å². The Kier molecular flexibility index (Phi) is 5.82. The van der Waals surface area contributed by atoms with Gasteiger partial charge in [0.15, 0.2) is 0 Å². The molecule has 1 aromatic rings. The van der Waals surface area contributed by atoms with E-state index in [-0.39, 0.29) is 11.9 Å². The summed E-state index contributed by atoms with van der Waals surface area (Å²) in [6, 6.07) is 8.47. The van der Waals surface area contributed by atoms with Crippen LogP contribution >= 0.6 is 0 Å².